The molecule has 0 aliphatic heterocycles. The van der Waals surface area contributed by atoms with Crippen molar-refractivity contribution in [2.75, 3.05) is 6.54 Å². The number of hydrogen-bond acceptors (Lipinski definition) is 6. The first-order valence-electron chi connectivity index (χ1n) is 6.38. The molecule has 21 heavy (non-hydrogen) atoms. The fraction of sp³-hybridized carbons (Fsp3) is 0.133. The van der Waals surface area contributed by atoms with E-state index in [0.717, 1.165) is 0 Å². The Balaban J connectivity index is 2.58. The molecule has 6 nitrogen and oxygen atoms in total. The normalized spacial score (nSPS) is 10.1. The molecule has 0 fully saturated rings. The smallest absolute Gasteiger partial charge is 0.128 e. The predicted octanol–water partition coefficient (Wildman–Crippen LogP) is 1.87. The van der Waals surface area contributed by atoms with E-state index in [9.17, 15) is 20.4 Å². The van der Waals surface area contributed by atoms with Crippen LogP contribution in [-0.2, 0) is 0 Å². The summed E-state index contributed by atoms with van der Waals surface area (Å²) in [6.07, 6.45) is 0. The number of nitrogens with one attached hydrogen (secondary N) is 1. The zero-order valence-electron chi connectivity index (χ0n) is 11.4. The molecule has 0 spiro atoms. The molecule has 0 heterocycles. The summed E-state index contributed by atoms with van der Waals surface area (Å²) in [5.41, 5.74) is 3.75. The third kappa shape index (κ3) is 3.17. The van der Waals surface area contributed by atoms with Crippen LogP contribution in [0.5, 0.6) is 23.0 Å². The Hall–Kier alpha value is -2.89. The van der Waals surface area contributed by atoms with Crippen LogP contribution in [0.3, 0.4) is 0 Å². The van der Waals surface area contributed by atoms with Gasteiger partial charge < -0.3 is 25.9 Å². The van der Waals surface area contributed by atoms with Crippen molar-refractivity contribution in [3.8, 4) is 23.0 Å². The summed E-state index contributed by atoms with van der Waals surface area (Å²) in [7, 11) is 0. The van der Waals surface area contributed by atoms with Gasteiger partial charge >= 0.3 is 0 Å². The zero-order chi connectivity index (χ0) is 15.4. The Morgan fingerprint density at radius 1 is 0.905 bits per heavy atom. The first-order chi connectivity index (χ1) is 10.0. The van der Waals surface area contributed by atoms with Crippen molar-refractivity contribution in [2.24, 2.45) is 5.10 Å². The molecule has 2 rings (SSSR count). The van der Waals surface area contributed by atoms with Crippen LogP contribution in [-0.4, -0.2) is 32.7 Å². The summed E-state index contributed by atoms with van der Waals surface area (Å²) in [6.45, 7) is 2.41. The third-order valence-electron chi connectivity index (χ3n) is 2.82. The summed E-state index contributed by atoms with van der Waals surface area (Å²) in [5.74, 6) is -0.485. The van der Waals surface area contributed by atoms with Gasteiger partial charge in [0.15, 0.2) is 0 Å². The number of phenols is 4. The number of aromatic hydroxyl groups is 4. The molecule has 0 saturated carbocycles. The molecule has 0 atom stereocenters. The predicted molar refractivity (Wildman–Crippen MR) is 78.9 cm³/mol. The van der Waals surface area contributed by atoms with Crippen LogP contribution in [0.1, 0.15) is 18.1 Å². The summed E-state index contributed by atoms with van der Waals surface area (Å²) < 4.78 is 0. The molecule has 0 amide bonds. The largest absolute Gasteiger partial charge is 0.508 e. The summed E-state index contributed by atoms with van der Waals surface area (Å²) >= 11 is 0. The monoisotopic (exact) mass is 288 g/mol. The third-order valence-corrected chi connectivity index (χ3v) is 2.82. The molecule has 0 unspecified atom stereocenters. The van der Waals surface area contributed by atoms with E-state index in [1.54, 1.807) is 0 Å². The van der Waals surface area contributed by atoms with Crippen LogP contribution in [0.4, 0.5) is 0 Å². The second-order valence-electron chi connectivity index (χ2n) is 4.37. The Kier molecular flexibility index (Phi) is 4.18. The molecule has 2 aromatic rings. The van der Waals surface area contributed by atoms with E-state index in [-0.39, 0.29) is 23.0 Å². The van der Waals surface area contributed by atoms with Crippen LogP contribution < -0.4 is 5.43 Å². The van der Waals surface area contributed by atoms with Crippen LogP contribution in [0, 0.1) is 0 Å². The molecule has 5 N–H and O–H groups in total. The van der Waals surface area contributed by atoms with Crippen molar-refractivity contribution in [3.63, 3.8) is 0 Å². The average molecular weight is 288 g/mol. The van der Waals surface area contributed by atoms with Crippen LogP contribution >= 0.6 is 0 Å². The van der Waals surface area contributed by atoms with Gasteiger partial charge in [-0.2, -0.15) is 5.10 Å². The van der Waals surface area contributed by atoms with Crippen molar-refractivity contribution in [1.29, 1.82) is 0 Å². The molecular weight excluding hydrogens is 272 g/mol. The molecule has 0 bridgehead atoms. The van der Waals surface area contributed by atoms with Crippen molar-refractivity contribution < 1.29 is 20.4 Å². The molecular formula is C15H16N2O4. The number of hydrogen-bond donors (Lipinski definition) is 5. The standard InChI is InChI=1S/C15H16N2O4/c1-2-16-17-15(11-5-3-9(18)7-13(11)20)12-6-4-10(19)8-14(12)21/h3-8,16,18-21H,2H2,1H3. The van der Waals surface area contributed by atoms with E-state index in [0.29, 0.717) is 23.4 Å². The summed E-state index contributed by atoms with van der Waals surface area (Å²) in [6, 6.07) is 8.19. The molecule has 0 radical (unpaired) electrons. The summed E-state index contributed by atoms with van der Waals surface area (Å²) in [4.78, 5) is 0. The average Bonchev–Trinajstić information content (AvgIpc) is 2.42. The number of phenolic OH excluding ortho intramolecular Hbond substituents is 4. The van der Waals surface area contributed by atoms with Crippen molar-refractivity contribution in [2.45, 2.75) is 6.92 Å². The topological polar surface area (TPSA) is 105 Å². The molecule has 2 aromatic carbocycles. The molecule has 0 aliphatic carbocycles. The Labute approximate surface area is 121 Å². The maximum Gasteiger partial charge on any atom is 0.128 e. The molecule has 0 aliphatic rings. The van der Waals surface area contributed by atoms with Gasteiger partial charge in [-0.05, 0) is 31.2 Å². The second kappa shape index (κ2) is 6.04. The lowest BCUT2D eigenvalue weighted by atomic mass is 10.0. The van der Waals surface area contributed by atoms with Gasteiger partial charge in [0.05, 0.1) is 0 Å². The van der Waals surface area contributed by atoms with Gasteiger partial charge in [0, 0.05) is 29.8 Å². The number of rotatable bonds is 4. The zero-order valence-corrected chi connectivity index (χ0v) is 11.4. The maximum atomic E-state index is 9.97. The highest BCUT2D eigenvalue weighted by atomic mass is 16.3. The van der Waals surface area contributed by atoms with Gasteiger partial charge in [-0.15, -0.1) is 0 Å². The molecule has 110 valence electrons. The van der Waals surface area contributed by atoms with Crippen molar-refractivity contribution >= 4 is 5.71 Å². The molecule has 6 heteroatoms. The van der Waals surface area contributed by atoms with Crippen LogP contribution in [0.25, 0.3) is 0 Å². The van der Waals surface area contributed by atoms with E-state index < -0.39 is 0 Å². The lowest BCUT2D eigenvalue weighted by Gasteiger charge is -2.11. The quantitative estimate of drug-likeness (QED) is 0.436. The Morgan fingerprint density at radius 2 is 1.38 bits per heavy atom. The number of hydrazone groups is 1. The van der Waals surface area contributed by atoms with Gasteiger partial charge in [0.2, 0.25) is 0 Å². The fourth-order valence-electron chi connectivity index (χ4n) is 1.86. The van der Waals surface area contributed by atoms with Crippen LogP contribution in [0.15, 0.2) is 41.5 Å². The first-order valence-corrected chi connectivity index (χ1v) is 6.38. The van der Waals surface area contributed by atoms with Crippen molar-refractivity contribution in [3.05, 3.63) is 47.5 Å². The number of nitrogens with zero attached hydrogens (tertiary/aromatic N) is 1. The highest BCUT2D eigenvalue weighted by Gasteiger charge is 2.16. The minimum Gasteiger partial charge on any atom is -0.508 e. The van der Waals surface area contributed by atoms with E-state index >= 15 is 0 Å². The lowest BCUT2D eigenvalue weighted by molar-refractivity contribution is 0.449. The highest BCUT2D eigenvalue weighted by molar-refractivity contribution is 6.15. The lowest BCUT2D eigenvalue weighted by Crippen LogP contribution is -2.12. The van der Waals surface area contributed by atoms with Gasteiger partial charge in [0.25, 0.3) is 0 Å². The van der Waals surface area contributed by atoms with Gasteiger partial charge in [0.1, 0.15) is 28.7 Å². The Morgan fingerprint density at radius 3 is 1.76 bits per heavy atom. The van der Waals surface area contributed by atoms with Gasteiger partial charge in [-0.25, -0.2) is 0 Å². The van der Waals surface area contributed by atoms with Gasteiger partial charge in [-0.3, -0.25) is 0 Å². The number of benzene rings is 2. The maximum absolute atomic E-state index is 9.97. The SMILES string of the molecule is CCNN=C(c1ccc(O)cc1O)c1ccc(O)cc1O. The van der Waals surface area contributed by atoms with Crippen molar-refractivity contribution in [1.82, 2.24) is 5.43 Å². The van der Waals surface area contributed by atoms with E-state index in [2.05, 4.69) is 10.5 Å². The first kappa shape index (κ1) is 14.5. The minimum absolute atomic E-state index is 0.0750. The highest BCUT2D eigenvalue weighted by Crippen LogP contribution is 2.30. The van der Waals surface area contributed by atoms with E-state index in [4.69, 9.17) is 0 Å². The molecule has 0 aromatic heterocycles. The second-order valence-corrected chi connectivity index (χ2v) is 4.37. The Bertz CT molecular complexity index is 630. The summed E-state index contributed by atoms with van der Waals surface area (Å²) in [5, 5.41) is 42.8. The fourth-order valence-corrected chi connectivity index (χ4v) is 1.86. The van der Waals surface area contributed by atoms with E-state index in [1.807, 2.05) is 6.92 Å². The van der Waals surface area contributed by atoms with E-state index in [1.165, 1.54) is 36.4 Å². The molecule has 0 saturated heterocycles. The minimum atomic E-state index is -0.167. The van der Waals surface area contributed by atoms with Crippen LogP contribution in [0.2, 0.25) is 0 Å². The van der Waals surface area contributed by atoms with Gasteiger partial charge in [-0.1, -0.05) is 0 Å².